The number of nitrogens with zero attached hydrogens (tertiary/aromatic N) is 2. The number of carbonyl (C=O) groups is 3. The highest BCUT2D eigenvalue weighted by Crippen LogP contribution is 2.20. The Morgan fingerprint density at radius 3 is 1.81 bits per heavy atom. The Kier molecular flexibility index (Phi) is 6.72. The van der Waals surface area contributed by atoms with E-state index >= 15 is 0 Å². The van der Waals surface area contributed by atoms with E-state index in [1.54, 1.807) is 48.5 Å². The fourth-order valence-electron chi connectivity index (χ4n) is 1.73. The van der Waals surface area contributed by atoms with E-state index in [9.17, 15) is 14.4 Å². The van der Waals surface area contributed by atoms with E-state index in [2.05, 4.69) is 4.98 Å². The molecule has 0 aliphatic rings. The number of ether oxygens (including phenoxy) is 3. The van der Waals surface area contributed by atoms with E-state index in [1.165, 1.54) is 18.3 Å². The first kappa shape index (κ1) is 21.4. The molecule has 0 spiro atoms. The summed E-state index contributed by atoms with van der Waals surface area (Å²) in [5, 5.41) is 0. The van der Waals surface area contributed by atoms with Gasteiger partial charge in [0.1, 0.15) is 17.0 Å². The number of hydrogen-bond donors (Lipinski definition) is 0. The van der Waals surface area contributed by atoms with Crippen molar-refractivity contribution < 1.29 is 28.6 Å². The first-order valence-electron chi connectivity index (χ1n) is 8.23. The average Bonchev–Trinajstić information content (AvgIpc) is 2.44. The molecule has 0 saturated carbocycles. The summed E-state index contributed by atoms with van der Waals surface area (Å²) in [5.74, 6) is -0.575. The maximum absolute atomic E-state index is 12.5. The predicted molar refractivity (Wildman–Crippen MR) is 95.1 cm³/mol. The van der Waals surface area contributed by atoms with Crippen LogP contribution in [0.1, 0.15) is 58.8 Å². The molecule has 1 heterocycles. The second-order valence-corrected chi connectivity index (χ2v) is 7.42. The molecular formula is C18H26N2O6. The number of anilines is 1. The van der Waals surface area contributed by atoms with Crippen molar-refractivity contribution in [3.63, 3.8) is 0 Å². The van der Waals surface area contributed by atoms with Gasteiger partial charge in [0.25, 0.3) is 0 Å². The number of hydrogen-bond acceptors (Lipinski definition) is 7. The second-order valence-electron chi connectivity index (χ2n) is 7.42. The number of pyridine rings is 1. The van der Waals surface area contributed by atoms with Crippen LogP contribution in [0.15, 0.2) is 18.3 Å². The van der Waals surface area contributed by atoms with Gasteiger partial charge in [0, 0.05) is 6.20 Å². The van der Waals surface area contributed by atoms with E-state index in [4.69, 9.17) is 14.2 Å². The number of amides is 2. The van der Waals surface area contributed by atoms with Gasteiger partial charge in [-0.2, -0.15) is 4.90 Å². The predicted octanol–water partition coefficient (Wildman–Crippen LogP) is 3.93. The number of imide groups is 1. The second kappa shape index (κ2) is 8.16. The molecule has 0 saturated heterocycles. The van der Waals surface area contributed by atoms with E-state index in [0.717, 1.165) is 0 Å². The highest BCUT2D eigenvalue weighted by molar-refractivity contribution is 6.08. The summed E-state index contributed by atoms with van der Waals surface area (Å²) in [5.41, 5.74) is -1.44. The highest BCUT2D eigenvalue weighted by atomic mass is 16.6. The summed E-state index contributed by atoms with van der Waals surface area (Å²) in [6.07, 6.45) is -0.638. The summed E-state index contributed by atoms with van der Waals surface area (Å²) in [6.45, 7) is 12.0. The van der Waals surface area contributed by atoms with Crippen molar-refractivity contribution in [2.45, 2.75) is 59.7 Å². The average molecular weight is 366 g/mol. The molecular weight excluding hydrogens is 340 g/mol. The van der Waals surface area contributed by atoms with Crippen LogP contribution in [-0.4, -0.2) is 40.9 Å². The summed E-state index contributed by atoms with van der Waals surface area (Å²) in [4.78, 5) is 41.4. The molecule has 0 aliphatic heterocycles. The zero-order valence-corrected chi connectivity index (χ0v) is 16.3. The molecule has 0 atom stereocenters. The molecule has 8 nitrogen and oxygen atoms in total. The monoisotopic (exact) mass is 366 g/mol. The Balaban J connectivity index is 3.17. The molecule has 1 rings (SSSR count). The number of esters is 1. The maximum atomic E-state index is 12.5. The Morgan fingerprint density at radius 1 is 0.962 bits per heavy atom. The van der Waals surface area contributed by atoms with Crippen LogP contribution in [0.5, 0.6) is 0 Å². The van der Waals surface area contributed by atoms with Gasteiger partial charge in [-0.1, -0.05) is 0 Å². The van der Waals surface area contributed by atoms with Crippen molar-refractivity contribution in [1.82, 2.24) is 4.98 Å². The Labute approximate surface area is 153 Å². The SMILES string of the molecule is CCOC(=O)c1ccc(N(C(=O)OC(C)(C)C)C(=O)OC(C)(C)C)nc1. The maximum Gasteiger partial charge on any atom is 0.425 e. The summed E-state index contributed by atoms with van der Waals surface area (Å²) >= 11 is 0. The first-order chi connectivity index (χ1) is 11.8. The molecule has 0 fully saturated rings. The van der Waals surface area contributed by atoms with Crippen LogP contribution in [0.2, 0.25) is 0 Å². The van der Waals surface area contributed by atoms with Gasteiger partial charge in [-0.05, 0) is 60.6 Å². The zero-order chi connectivity index (χ0) is 20.1. The number of carbonyl (C=O) groups excluding carboxylic acids is 3. The normalized spacial score (nSPS) is 11.5. The van der Waals surface area contributed by atoms with Crippen LogP contribution < -0.4 is 4.90 Å². The zero-order valence-electron chi connectivity index (χ0n) is 16.3. The van der Waals surface area contributed by atoms with E-state index in [0.29, 0.717) is 4.90 Å². The molecule has 0 radical (unpaired) electrons. The van der Waals surface area contributed by atoms with Crippen LogP contribution in [0.3, 0.4) is 0 Å². The van der Waals surface area contributed by atoms with Crippen LogP contribution in [0, 0.1) is 0 Å². The van der Waals surface area contributed by atoms with Gasteiger partial charge in [0.2, 0.25) is 0 Å². The molecule has 0 N–H and O–H groups in total. The highest BCUT2D eigenvalue weighted by Gasteiger charge is 2.33. The van der Waals surface area contributed by atoms with Crippen LogP contribution in [-0.2, 0) is 14.2 Å². The summed E-state index contributed by atoms with van der Waals surface area (Å²) in [7, 11) is 0. The van der Waals surface area contributed by atoms with Gasteiger partial charge < -0.3 is 14.2 Å². The Bertz CT molecular complexity index is 628. The van der Waals surface area contributed by atoms with Gasteiger partial charge in [-0.25, -0.2) is 19.4 Å². The topological polar surface area (TPSA) is 95.0 Å². The molecule has 8 heteroatoms. The van der Waals surface area contributed by atoms with Crippen molar-refractivity contribution in [2.75, 3.05) is 11.5 Å². The number of rotatable bonds is 3. The summed E-state index contributed by atoms with van der Waals surface area (Å²) < 4.78 is 15.4. The minimum Gasteiger partial charge on any atom is -0.462 e. The lowest BCUT2D eigenvalue weighted by molar-refractivity contribution is 0.0428. The van der Waals surface area contributed by atoms with Crippen molar-refractivity contribution in [2.24, 2.45) is 0 Å². The van der Waals surface area contributed by atoms with Crippen molar-refractivity contribution in [3.8, 4) is 0 Å². The standard InChI is InChI=1S/C18H26N2O6/c1-8-24-14(21)12-9-10-13(19-11-12)20(15(22)25-17(2,3)4)16(23)26-18(5,6)7/h9-11H,8H2,1-7H3. The molecule has 26 heavy (non-hydrogen) atoms. The third-order valence-corrected chi connectivity index (χ3v) is 2.64. The van der Waals surface area contributed by atoms with Crippen LogP contribution >= 0.6 is 0 Å². The van der Waals surface area contributed by atoms with Crippen LogP contribution in [0.25, 0.3) is 0 Å². The molecule has 2 amide bonds. The fourth-order valence-corrected chi connectivity index (χ4v) is 1.73. The van der Waals surface area contributed by atoms with E-state index in [-0.39, 0.29) is 18.0 Å². The minimum atomic E-state index is -0.928. The quantitative estimate of drug-likeness (QED) is 0.590. The molecule has 0 aromatic carbocycles. The fraction of sp³-hybridized carbons (Fsp3) is 0.556. The number of aromatic nitrogens is 1. The lowest BCUT2D eigenvalue weighted by atomic mass is 10.2. The van der Waals surface area contributed by atoms with Crippen molar-refractivity contribution in [3.05, 3.63) is 23.9 Å². The lowest BCUT2D eigenvalue weighted by Crippen LogP contribution is -2.44. The van der Waals surface area contributed by atoms with E-state index in [1.807, 2.05) is 0 Å². The molecule has 1 aromatic heterocycles. The Hall–Kier alpha value is -2.64. The third kappa shape index (κ3) is 6.70. The molecule has 0 unspecified atom stereocenters. The smallest absolute Gasteiger partial charge is 0.425 e. The molecule has 144 valence electrons. The lowest BCUT2D eigenvalue weighted by Gasteiger charge is -2.28. The van der Waals surface area contributed by atoms with Gasteiger partial charge in [0.05, 0.1) is 12.2 Å². The van der Waals surface area contributed by atoms with Crippen molar-refractivity contribution >= 4 is 24.0 Å². The minimum absolute atomic E-state index is 0.0263. The van der Waals surface area contributed by atoms with Gasteiger partial charge in [-0.15, -0.1) is 0 Å². The van der Waals surface area contributed by atoms with Crippen LogP contribution in [0.4, 0.5) is 15.4 Å². The van der Waals surface area contributed by atoms with Gasteiger partial charge in [-0.3, -0.25) is 0 Å². The molecule has 0 bridgehead atoms. The Morgan fingerprint density at radius 2 is 1.46 bits per heavy atom. The summed E-state index contributed by atoms with van der Waals surface area (Å²) in [6, 6.07) is 2.75. The van der Waals surface area contributed by atoms with E-state index < -0.39 is 29.4 Å². The van der Waals surface area contributed by atoms with Gasteiger partial charge in [0.15, 0.2) is 0 Å². The third-order valence-electron chi connectivity index (χ3n) is 2.64. The largest absolute Gasteiger partial charge is 0.462 e. The van der Waals surface area contributed by atoms with Gasteiger partial charge >= 0.3 is 18.2 Å². The molecule has 0 aliphatic carbocycles. The van der Waals surface area contributed by atoms with Crippen molar-refractivity contribution in [1.29, 1.82) is 0 Å². The first-order valence-corrected chi connectivity index (χ1v) is 8.23. The molecule has 1 aromatic rings.